The molecular formula is C20H31N3O2. The number of carbonyl (C=O) groups excluding carboxylic acids is 1. The Balaban J connectivity index is 1.57. The number of rotatable bonds is 6. The molecule has 0 bridgehead atoms. The average molecular weight is 345 g/mol. The molecule has 0 radical (unpaired) electrons. The van der Waals surface area contributed by atoms with E-state index in [1.54, 1.807) is 0 Å². The number of benzene rings is 1. The van der Waals surface area contributed by atoms with Crippen LogP contribution in [0, 0.1) is 11.3 Å². The van der Waals surface area contributed by atoms with Crippen LogP contribution < -0.4 is 11.1 Å². The van der Waals surface area contributed by atoms with Crippen molar-refractivity contribution in [1.29, 1.82) is 0 Å². The summed E-state index contributed by atoms with van der Waals surface area (Å²) in [6, 6.07) is 11.0. The third-order valence-corrected chi connectivity index (χ3v) is 5.69. The van der Waals surface area contributed by atoms with Crippen molar-refractivity contribution in [2.24, 2.45) is 17.1 Å². The zero-order chi connectivity index (χ0) is 17.7. The Morgan fingerprint density at radius 2 is 2.00 bits per heavy atom. The first-order valence-corrected chi connectivity index (χ1v) is 9.45. The van der Waals surface area contributed by atoms with Crippen molar-refractivity contribution < 1.29 is 9.53 Å². The molecule has 2 fully saturated rings. The molecule has 3 rings (SSSR count). The van der Waals surface area contributed by atoms with Crippen LogP contribution in [0.3, 0.4) is 0 Å². The van der Waals surface area contributed by atoms with Crippen LogP contribution in [0.1, 0.15) is 31.7 Å². The molecule has 0 spiro atoms. The molecule has 1 aromatic carbocycles. The van der Waals surface area contributed by atoms with Gasteiger partial charge in [0.15, 0.2) is 0 Å². The van der Waals surface area contributed by atoms with Crippen LogP contribution in [0.25, 0.3) is 0 Å². The van der Waals surface area contributed by atoms with Crippen LogP contribution in [0.5, 0.6) is 0 Å². The summed E-state index contributed by atoms with van der Waals surface area (Å²) >= 11 is 0. The molecule has 138 valence electrons. The monoisotopic (exact) mass is 345 g/mol. The average Bonchev–Trinajstić information content (AvgIpc) is 2.61. The minimum Gasteiger partial charge on any atom is -0.381 e. The van der Waals surface area contributed by atoms with Gasteiger partial charge in [-0.2, -0.15) is 0 Å². The first kappa shape index (κ1) is 18.4. The lowest BCUT2D eigenvalue weighted by Gasteiger charge is -2.40. The number of carbonyl (C=O) groups is 1. The van der Waals surface area contributed by atoms with Gasteiger partial charge in [0, 0.05) is 45.4 Å². The van der Waals surface area contributed by atoms with Crippen molar-refractivity contribution >= 4 is 5.91 Å². The summed E-state index contributed by atoms with van der Waals surface area (Å²) in [5, 5.41) is 3.66. The number of amides is 1. The molecular weight excluding hydrogens is 314 g/mol. The van der Waals surface area contributed by atoms with E-state index in [-0.39, 0.29) is 5.91 Å². The molecule has 1 aromatic rings. The van der Waals surface area contributed by atoms with E-state index >= 15 is 0 Å². The van der Waals surface area contributed by atoms with Gasteiger partial charge in [0.25, 0.3) is 0 Å². The Kier molecular flexibility index (Phi) is 6.10. The van der Waals surface area contributed by atoms with E-state index in [0.29, 0.717) is 31.7 Å². The van der Waals surface area contributed by atoms with Crippen LogP contribution in [-0.2, 0) is 16.1 Å². The minimum absolute atomic E-state index is 0.187. The highest BCUT2D eigenvalue weighted by molar-refractivity contribution is 5.81. The first-order chi connectivity index (χ1) is 12.1. The Morgan fingerprint density at radius 3 is 2.68 bits per heavy atom. The van der Waals surface area contributed by atoms with Gasteiger partial charge in [-0.25, -0.2) is 0 Å². The molecule has 2 heterocycles. The number of likely N-dealkylation sites (tertiary alicyclic amines) is 1. The molecule has 2 saturated heterocycles. The molecule has 1 amide bonds. The van der Waals surface area contributed by atoms with E-state index in [1.165, 1.54) is 5.56 Å². The topological polar surface area (TPSA) is 67.6 Å². The number of hydrogen-bond acceptors (Lipinski definition) is 4. The fraction of sp³-hybridized carbons (Fsp3) is 0.650. The molecule has 2 aliphatic heterocycles. The maximum absolute atomic E-state index is 12.0. The molecule has 0 saturated carbocycles. The Bertz CT molecular complexity index is 557. The van der Waals surface area contributed by atoms with Gasteiger partial charge < -0.3 is 15.8 Å². The van der Waals surface area contributed by atoms with Gasteiger partial charge in [-0.3, -0.25) is 9.69 Å². The van der Waals surface area contributed by atoms with Gasteiger partial charge in [-0.05, 0) is 30.7 Å². The van der Waals surface area contributed by atoms with Crippen molar-refractivity contribution in [3.05, 3.63) is 35.9 Å². The fourth-order valence-electron chi connectivity index (χ4n) is 4.19. The van der Waals surface area contributed by atoms with Gasteiger partial charge in [-0.15, -0.1) is 0 Å². The van der Waals surface area contributed by atoms with E-state index in [4.69, 9.17) is 10.5 Å². The van der Waals surface area contributed by atoms with Gasteiger partial charge in [0.2, 0.25) is 5.91 Å². The number of piperidine rings is 1. The second-order valence-electron chi connectivity index (χ2n) is 7.86. The van der Waals surface area contributed by atoms with Gasteiger partial charge in [0.1, 0.15) is 0 Å². The van der Waals surface area contributed by atoms with Crippen LogP contribution in [-0.4, -0.2) is 49.7 Å². The second kappa shape index (κ2) is 8.30. The van der Waals surface area contributed by atoms with Crippen molar-refractivity contribution in [2.45, 2.75) is 38.8 Å². The summed E-state index contributed by atoms with van der Waals surface area (Å²) in [5.74, 6) is 0.461. The number of ether oxygens (including phenoxy) is 1. The van der Waals surface area contributed by atoms with Gasteiger partial charge in [0.05, 0.1) is 5.41 Å². The molecule has 0 aliphatic carbocycles. The lowest BCUT2D eigenvalue weighted by Crippen LogP contribution is -2.54. The summed E-state index contributed by atoms with van der Waals surface area (Å²) in [4.78, 5) is 14.6. The Labute approximate surface area is 150 Å². The fourth-order valence-corrected chi connectivity index (χ4v) is 4.19. The number of nitrogens with zero attached hydrogens (tertiary/aromatic N) is 1. The lowest BCUT2D eigenvalue weighted by atomic mass is 9.79. The van der Waals surface area contributed by atoms with Crippen molar-refractivity contribution in [3.63, 3.8) is 0 Å². The van der Waals surface area contributed by atoms with E-state index < -0.39 is 5.41 Å². The number of nitrogens with two attached hydrogens (primary N) is 1. The summed E-state index contributed by atoms with van der Waals surface area (Å²) in [6.45, 7) is 7.37. The van der Waals surface area contributed by atoms with Gasteiger partial charge >= 0.3 is 0 Å². The second-order valence-corrected chi connectivity index (χ2v) is 7.86. The Morgan fingerprint density at radius 1 is 1.28 bits per heavy atom. The smallest absolute Gasteiger partial charge is 0.225 e. The maximum atomic E-state index is 12.0. The molecule has 0 unspecified atom stereocenters. The lowest BCUT2D eigenvalue weighted by molar-refractivity contribution is -0.133. The van der Waals surface area contributed by atoms with Gasteiger partial charge in [-0.1, -0.05) is 37.3 Å². The zero-order valence-corrected chi connectivity index (χ0v) is 15.2. The highest BCUT2D eigenvalue weighted by Gasteiger charge is 2.39. The quantitative estimate of drug-likeness (QED) is 0.825. The van der Waals surface area contributed by atoms with Crippen molar-refractivity contribution in [3.8, 4) is 0 Å². The van der Waals surface area contributed by atoms with Crippen LogP contribution in [0.4, 0.5) is 0 Å². The number of hydrogen-bond donors (Lipinski definition) is 2. The van der Waals surface area contributed by atoms with Crippen LogP contribution >= 0.6 is 0 Å². The van der Waals surface area contributed by atoms with E-state index in [0.717, 1.165) is 38.9 Å². The zero-order valence-electron chi connectivity index (χ0n) is 15.2. The minimum atomic E-state index is -0.441. The summed E-state index contributed by atoms with van der Waals surface area (Å²) < 4.78 is 5.42. The molecule has 2 aliphatic rings. The summed E-state index contributed by atoms with van der Waals surface area (Å²) in [5.41, 5.74) is 6.64. The third kappa shape index (κ3) is 4.81. The molecule has 3 N–H and O–H groups in total. The molecule has 25 heavy (non-hydrogen) atoms. The summed E-state index contributed by atoms with van der Waals surface area (Å²) in [7, 11) is 0. The van der Waals surface area contributed by atoms with Crippen molar-refractivity contribution in [1.82, 2.24) is 10.2 Å². The molecule has 5 nitrogen and oxygen atoms in total. The van der Waals surface area contributed by atoms with Crippen molar-refractivity contribution in [2.75, 3.05) is 32.8 Å². The number of nitrogens with one attached hydrogen (secondary N) is 1. The Hall–Kier alpha value is -1.43. The molecule has 0 aromatic heterocycles. The maximum Gasteiger partial charge on any atom is 0.225 e. The van der Waals surface area contributed by atoms with E-state index in [9.17, 15) is 4.79 Å². The SMILES string of the molecule is C[C@@H]1C[C@@H](NCC2(C(N)=O)CCOCC2)CN(Cc2ccccc2)C1. The third-order valence-electron chi connectivity index (χ3n) is 5.69. The largest absolute Gasteiger partial charge is 0.381 e. The van der Waals surface area contributed by atoms with Crippen LogP contribution in [0.2, 0.25) is 0 Å². The summed E-state index contributed by atoms with van der Waals surface area (Å²) in [6.07, 6.45) is 2.60. The first-order valence-electron chi connectivity index (χ1n) is 9.45. The van der Waals surface area contributed by atoms with E-state index in [1.807, 2.05) is 0 Å². The molecule has 5 heteroatoms. The normalized spacial score (nSPS) is 27.1. The standard InChI is InChI=1S/C20H31N3O2/c1-16-11-18(14-23(12-16)13-17-5-3-2-4-6-17)22-15-20(19(21)24)7-9-25-10-8-20/h2-6,16,18,22H,7-15H2,1H3,(H2,21,24)/t16-,18-/m1/s1. The highest BCUT2D eigenvalue weighted by atomic mass is 16.5. The van der Waals surface area contributed by atoms with Crippen LogP contribution in [0.15, 0.2) is 30.3 Å². The number of primary amides is 1. The van der Waals surface area contributed by atoms with E-state index in [2.05, 4.69) is 47.5 Å². The molecule has 2 atom stereocenters. The highest BCUT2D eigenvalue weighted by Crippen LogP contribution is 2.30. The predicted molar refractivity (Wildman–Crippen MR) is 99.0 cm³/mol. The predicted octanol–water partition coefficient (Wildman–Crippen LogP) is 1.77.